The summed E-state index contributed by atoms with van der Waals surface area (Å²) in [7, 11) is 0. The number of carbonyl (C=O) groups excluding carboxylic acids is 1. The van der Waals surface area contributed by atoms with Gasteiger partial charge in [-0.05, 0) is 50.8 Å². The molecule has 0 saturated carbocycles. The van der Waals surface area contributed by atoms with Gasteiger partial charge in [-0.15, -0.1) is 0 Å². The number of benzene rings is 1. The van der Waals surface area contributed by atoms with Crippen LogP contribution in [0.4, 0.5) is 5.82 Å². The van der Waals surface area contributed by atoms with Crippen LogP contribution in [-0.4, -0.2) is 49.3 Å². The van der Waals surface area contributed by atoms with E-state index in [-0.39, 0.29) is 0 Å². The highest BCUT2D eigenvalue weighted by Crippen LogP contribution is 2.27. The molecule has 27 heavy (non-hydrogen) atoms. The number of rotatable bonds is 4. The fourth-order valence-corrected chi connectivity index (χ4v) is 4.17. The minimum atomic E-state index is -0.416. The molecule has 0 aliphatic carbocycles. The maximum absolute atomic E-state index is 12.0. The molecule has 144 valence electrons. The Kier molecular flexibility index (Phi) is 5.27. The number of amides is 1. The Labute approximate surface area is 160 Å². The van der Waals surface area contributed by atoms with Crippen molar-refractivity contribution in [3.63, 3.8) is 0 Å². The average Bonchev–Trinajstić information content (AvgIpc) is 2.68. The normalized spacial score (nSPS) is 21.5. The van der Waals surface area contributed by atoms with Gasteiger partial charge < -0.3 is 20.7 Å². The lowest BCUT2D eigenvalue weighted by molar-refractivity contribution is 0.0650. The van der Waals surface area contributed by atoms with Crippen LogP contribution in [0.25, 0.3) is 10.9 Å². The highest BCUT2D eigenvalue weighted by molar-refractivity contribution is 6.01. The first-order valence-corrected chi connectivity index (χ1v) is 9.90. The number of nitrogens with one attached hydrogen (secondary N) is 1. The number of anilines is 1. The van der Waals surface area contributed by atoms with Crippen LogP contribution in [0.15, 0.2) is 24.3 Å². The second-order valence-electron chi connectivity index (χ2n) is 7.76. The molecule has 2 aliphatic rings. The molecular formula is C21H28N4O2. The lowest BCUT2D eigenvalue weighted by Gasteiger charge is -2.36. The first-order valence-electron chi connectivity index (χ1n) is 9.90. The number of fused-ring (bicyclic) bond motifs is 1. The number of carbonyl (C=O) groups is 1. The van der Waals surface area contributed by atoms with Crippen molar-refractivity contribution in [3.05, 3.63) is 35.4 Å². The van der Waals surface area contributed by atoms with Gasteiger partial charge in [-0.2, -0.15) is 0 Å². The third kappa shape index (κ3) is 4.06. The second-order valence-corrected chi connectivity index (χ2v) is 7.76. The van der Waals surface area contributed by atoms with Crippen LogP contribution in [0, 0.1) is 6.92 Å². The molecule has 6 heteroatoms. The predicted molar refractivity (Wildman–Crippen MR) is 107 cm³/mol. The van der Waals surface area contributed by atoms with Gasteiger partial charge >= 0.3 is 0 Å². The number of ether oxygens (including phenoxy) is 1. The van der Waals surface area contributed by atoms with Gasteiger partial charge in [0.15, 0.2) is 0 Å². The molecule has 2 fully saturated rings. The zero-order valence-electron chi connectivity index (χ0n) is 15.9. The first-order chi connectivity index (χ1) is 13.1. The van der Waals surface area contributed by atoms with E-state index in [9.17, 15) is 4.79 Å². The van der Waals surface area contributed by atoms with Crippen LogP contribution in [-0.2, 0) is 4.74 Å². The SMILES string of the molecule is Cc1ccc2nc(N3CCC(NC4CCCOC4)CC3)c(C(N)=O)cc2c1. The monoisotopic (exact) mass is 368 g/mol. The molecule has 2 aromatic rings. The number of nitrogens with two attached hydrogens (primary N) is 1. The Morgan fingerprint density at radius 2 is 2.04 bits per heavy atom. The van der Waals surface area contributed by atoms with Crippen molar-refractivity contribution in [2.45, 2.75) is 44.7 Å². The van der Waals surface area contributed by atoms with Crippen molar-refractivity contribution in [2.75, 3.05) is 31.2 Å². The van der Waals surface area contributed by atoms with E-state index in [1.54, 1.807) is 0 Å². The molecule has 3 heterocycles. The quantitative estimate of drug-likeness (QED) is 0.866. The molecule has 2 saturated heterocycles. The number of piperidine rings is 1. The molecule has 1 amide bonds. The number of hydrogen-bond donors (Lipinski definition) is 2. The summed E-state index contributed by atoms with van der Waals surface area (Å²) < 4.78 is 5.57. The maximum Gasteiger partial charge on any atom is 0.252 e. The van der Waals surface area contributed by atoms with Crippen LogP contribution in [0.3, 0.4) is 0 Å². The van der Waals surface area contributed by atoms with Gasteiger partial charge in [-0.3, -0.25) is 4.79 Å². The third-order valence-electron chi connectivity index (χ3n) is 5.64. The summed E-state index contributed by atoms with van der Waals surface area (Å²) in [6.07, 6.45) is 4.39. The Morgan fingerprint density at radius 1 is 1.22 bits per heavy atom. The number of aromatic nitrogens is 1. The third-order valence-corrected chi connectivity index (χ3v) is 5.64. The van der Waals surface area contributed by atoms with Crippen molar-refractivity contribution < 1.29 is 9.53 Å². The predicted octanol–water partition coefficient (Wildman–Crippen LogP) is 2.38. The number of pyridine rings is 1. The Morgan fingerprint density at radius 3 is 2.74 bits per heavy atom. The summed E-state index contributed by atoms with van der Waals surface area (Å²) in [6.45, 7) is 5.48. The zero-order chi connectivity index (χ0) is 18.8. The van der Waals surface area contributed by atoms with Crippen LogP contribution >= 0.6 is 0 Å². The van der Waals surface area contributed by atoms with Gasteiger partial charge in [-0.1, -0.05) is 11.6 Å². The summed E-state index contributed by atoms with van der Waals surface area (Å²) in [4.78, 5) is 19.0. The fraction of sp³-hybridized carbons (Fsp3) is 0.524. The van der Waals surface area contributed by atoms with Gasteiger partial charge in [0, 0.05) is 37.2 Å². The second kappa shape index (κ2) is 7.82. The number of primary amides is 1. The van der Waals surface area contributed by atoms with Gasteiger partial charge in [0.25, 0.3) is 5.91 Å². The molecule has 1 unspecified atom stereocenters. The van der Waals surface area contributed by atoms with E-state index in [0.717, 1.165) is 67.8 Å². The summed E-state index contributed by atoms with van der Waals surface area (Å²) in [5.74, 6) is 0.304. The average molecular weight is 368 g/mol. The van der Waals surface area contributed by atoms with Crippen molar-refractivity contribution in [1.82, 2.24) is 10.3 Å². The summed E-state index contributed by atoms with van der Waals surface area (Å²) in [6, 6.07) is 8.95. The molecule has 6 nitrogen and oxygen atoms in total. The zero-order valence-corrected chi connectivity index (χ0v) is 15.9. The van der Waals surface area contributed by atoms with Crippen LogP contribution in [0.2, 0.25) is 0 Å². The van der Waals surface area contributed by atoms with E-state index in [2.05, 4.69) is 10.2 Å². The highest BCUT2D eigenvalue weighted by Gasteiger charge is 2.26. The molecule has 3 N–H and O–H groups in total. The maximum atomic E-state index is 12.0. The molecule has 1 atom stereocenters. The Hall–Kier alpha value is -2.18. The smallest absolute Gasteiger partial charge is 0.252 e. The van der Waals surface area contributed by atoms with Crippen molar-refractivity contribution in [2.24, 2.45) is 5.73 Å². The molecule has 1 aromatic carbocycles. The van der Waals surface area contributed by atoms with E-state index in [4.69, 9.17) is 15.5 Å². The van der Waals surface area contributed by atoms with Crippen LogP contribution in [0.5, 0.6) is 0 Å². The molecule has 0 radical (unpaired) electrons. The first kappa shape index (κ1) is 18.2. The lowest BCUT2D eigenvalue weighted by atomic mass is 10.0. The van der Waals surface area contributed by atoms with E-state index < -0.39 is 5.91 Å². The largest absolute Gasteiger partial charge is 0.380 e. The van der Waals surface area contributed by atoms with Crippen molar-refractivity contribution >= 4 is 22.6 Å². The molecule has 4 rings (SSSR count). The highest BCUT2D eigenvalue weighted by atomic mass is 16.5. The van der Waals surface area contributed by atoms with E-state index in [0.29, 0.717) is 17.6 Å². The molecular weight excluding hydrogens is 340 g/mol. The van der Waals surface area contributed by atoms with Gasteiger partial charge in [0.05, 0.1) is 17.7 Å². The minimum absolute atomic E-state index is 0.416. The molecule has 1 aromatic heterocycles. The van der Waals surface area contributed by atoms with Crippen molar-refractivity contribution in [3.8, 4) is 0 Å². The fourth-order valence-electron chi connectivity index (χ4n) is 4.17. The number of hydrogen-bond acceptors (Lipinski definition) is 5. The van der Waals surface area contributed by atoms with Gasteiger partial charge in [0.1, 0.15) is 5.82 Å². The number of aryl methyl sites for hydroxylation is 1. The standard InChI is InChI=1S/C21H28N4O2/c1-14-4-5-19-15(11-14)12-18(20(22)26)21(24-19)25-8-6-16(7-9-25)23-17-3-2-10-27-13-17/h4-5,11-12,16-17,23H,2-3,6-10,13H2,1H3,(H2,22,26). The molecule has 0 spiro atoms. The van der Waals surface area contributed by atoms with Crippen LogP contribution in [0.1, 0.15) is 41.6 Å². The lowest BCUT2D eigenvalue weighted by Crippen LogP contribution is -2.49. The van der Waals surface area contributed by atoms with E-state index in [1.165, 1.54) is 6.42 Å². The van der Waals surface area contributed by atoms with Gasteiger partial charge in [0.2, 0.25) is 0 Å². The van der Waals surface area contributed by atoms with Gasteiger partial charge in [-0.25, -0.2) is 4.98 Å². The molecule has 2 aliphatic heterocycles. The van der Waals surface area contributed by atoms with Crippen LogP contribution < -0.4 is 16.0 Å². The summed E-state index contributed by atoms with van der Waals surface area (Å²) in [5.41, 5.74) is 8.23. The topological polar surface area (TPSA) is 80.5 Å². The summed E-state index contributed by atoms with van der Waals surface area (Å²) in [5, 5.41) is 4.70. The van der Waals surface area contributed by atoms with E-state index >= 15 is 0 Å². The molecule has 0 bridgehead atoms. The Balaban J connectivity index is 1.50. The van der Waals surface area contributed by atoms with E-state index in [1.807, 2.05) is 31.2 Å². The summed E-state index contributed by atoms with van der Waals surface area (Å²) >= 11 is 0. The Bertz CT molecular complexity index is 824. The van der Waals surface area contributed by atoms with Crippen molar-refractivity contribution in [1.29, 1.82) is 0 Å². The number of nitrogens with zero attached hydrogens (tertiary/aromatic N) is 2. The minimum Gasteiger partial charge on any atom is -0.380 e.